The molecule has 22 heavy (non-hydrogen) atoms. The number of hydrogen-bond acceptors (Lipinski definition) is 2. The number of halogens is 4. The van der Waals surface area contributed by atoms with Crippen LogP contribution in [0.5, 0.6) is 0 Å². The van der Waals surface area contributed by atoms with Gasteiger partial charge in [0.1, 0.15) is 0 Å². The van der Waals surface area contributed by atoms with Gasteiger partial charge in [0, 0.05) is 25.4 Å². The highest BCUT2D eigenvalue weighted by atomic mass is 35.5. The molecule has 2 N–H and O–H groups in total. The van der Waals surface area contributed by atoms with E-state index in [1.807, 2.05) is 6.92 Å². The lowest BCUT2D eigenvalue weighted by Crippen LogP contribution is -2.30. The fraction of sp³-hybridized carbons (Fsp3) is 0.500. The van der Waals surface area contributed by atoms with Crippen LogP contribution in [-0.4, -0.2) is 24.9 Å². The molecule has 124 valence electrons. The summed E-state index contributed by atoms with van der Waals surface area (Å²) in [7, 11) is 0. The summed E-state index contributed by atoms with van der Waals surface area (Å²) >= 11 is 10.6. The monoisotopic (exact) mass is 354 g/mol. The van der Waals surface area contributed by atoms with Crippen molar-refractivity contribution in [3.63, 3.8) is 0 Å². The van der Waals surface area contributed by atoms with Crippen molar-refractivity contribution in [3.8, 4) is 0 Å². The molecule has 0 saturated carbocycles. The lowest BCUT2D eigenvalue weighted by molar-refractivity contribution is -0.137. The molecule has 0 spiro atoms. The van der Waals surface area contributed by atoms with E-state index in [0.717, 1.165) is 18.9 Å². The van der Waals surface area contributed by atoms with Crippen LogP contribution in [0.15, 0.2) is 18.2 Å². The van der Waals surface area contributed by atoms with Crippen molar-refractivity contribution in [2.75, 3.05) is 25.1 Å². The Morgan fingerprint density at radius 2 is 2.05 bits per heavy atom. The number of benzene rings is 1. The maximum Gasteiger partial charge on any atom is 0.417 e. The van der Waals surface area contributed by atoms with Crippen LogP contribution in [0.4, 0.5) is 18.9 Å². The van der Waals surface area contributed by atoms with Gasteiger partial charge in [-0.25, -0.2) is 0 Å². The summed E-state index contributed by atoms with van der Waals surface area (Å²) in [5.41, 5.74) is -0.661. The van der Waals surface area contributed by atoms with Crippen molar-refractivity contribution in [2.45, 2.75) is 25.9 Å². The lowest BCUT2D eigenvalue weighted by Gasteiger charge is -2.14. The molecule has 0 aliphatic rings. The van der Waals surface area contributed by atoms with Crippen molar-refractivity contribution in [2.24, 2.45) is 0 Å². The van der Waals surface area contributed by atoms with Crippen molar-refractivity contribution in [3.05, 3.63) is 28.8 Å². The average molecular weight is 355 g/mol. The van der Waals surface area contributed by atoms with E-state index in [-0.39, 0.29) is 15.8 Å². The molecule has 1 aromatic rings. The van der Waals surface area contributed by atoms with E-state index in [4.69, 9.17) is 28.6 Å². The van der Waals surface area contributed by atoms with Crippen LogP contribution in [0.1, 0.15) is 25.3 Å². The third kappa shape index (κ3) is 6.81. The Kier molecular flexibility index (Phi) is 7.92. The number of alkyl halides is 3. The predicted octanol–water partition coefficient (Wildman–Crippen LogP) is 4.46. The zero-order valence-electron chi connectivity index (χ0n) is 12.1. The SMILES string of the molecule is CCCOCCCNC(=S)Nc1ccc(Cl)c(C(F)(F)F)c1. The molecular formula is C14H18ClF3N2OS. The molecule has 0 atom stereocenters. The van der Waals surface area contributed by atoms with Crippen LogP contribution < -0.4 is 10.6 Å². The second-order valence-electron chi connectivity index (χ2n) is 4.54. The van der Waals surface area contributed by atoms with Crippen LogP contribution >= 0.6 is 23.8 Å². The summed E-state index contributed by atoms with van der Waals surface area (Å²) in [6, 6.07) is 3.56. The van der Waals surface area contributed by atoms with Gasteiger partial charge in [0.15, 0.2) is 5.11 Å². The highest BCUT2D eigenvalue weighted by Gasteiger charge is 2.33. The van der Waals surface area contributed by atoms with Gasteiger partial charge >= 0.3 is 6.18 Å². The lowest BCUT2D eigenvalue weighted by atomic mass is 10.2. The number of hydrogen-bond donors (Lipinski definition) is 2. The van der Waals surface area contributed by atoms with Crippen molar-refractivity contribution in [1.82, 2.24) is 5.32 Å². The minimum absolute atomic E-state index is 0.233. The van der Waals surface area contributed by atoms with Gasteiger partial charge in [0.2, 0.25) is 0 Å². The van der Waals surface area contributed by atoms with Crippen LogP contribution in [0.2, 0.25) is 5.02 Å². The Morgan fingerprint density at radius 1 is 1.32 bits per heavy atom. The molecule has 0 aliphatic heterocycles. The maximum atomic E-state index is 12.7. The largest absolute Gasteiger partial charge is 0.417 e. The molecule has 3 nitrogen and oxygen atoms in total. The molecule has 1 rings (SSSR count). The second kappa shape index (κ2) is 9.17. The molecule has 0 fully saturated rings. The summed E-state index contributed by atoms with van der Waals surface area (Å²) in [4.78, 5) is 0. The standard InChI is InChI=1S/C14H18ClF3N2OS/c1-2-7-21-8-3-6-19-13(22)20-10-4-5-12(15)11(9-10)14(16,17)18/h4-5,9H,2-3,6-8H2,1H3,(H2,19,20,22). The van der Waals surface area contributed by atoms with Crippen LogP contribution in [0.3, 0.4) is 0 Å². The second-order valence-corrected chi connectivity index (χ2v) is 5.35. The summed E-state index contributed by atoms with van der Waals surface area (Å²) in [5.74, 6) is 0. The first-order valence-corrected chi connectivity index (χ1v) is 7.62. The number of thiocarbonyl (C=S) groups is 1. The quantitative estimate of drug-likeness (QED) is 0.559. The van der Waals surface area contributed by atoms with Crippen LogP contribution in [0, 0.1) is 0 Å². The van der Waals surface area contributed by atoms with Crippen molar-refractivity contribution < 1.29 is 17.9 Å². The van der Waals surface area contributed by atoms with Gasteiger partial charge in [0.05, 0.1) is 10.6 Å². The van der Waals surface area contributed by atoms with Gasteiger partial charge in [-0.2, -0.15) is 13.2 Å². The summed E-state index contributed by atoms with van der Waals surface area (Å²) in [5, 5.41) is 5.52. The van der Waals surface area contributed by atoms with Gasteiger partial charge in [-0.05, 0) is 43.3 Å². The molecule has 0 saturated heterocycles. The van der Waals surface area contributed by atoms with E-state index < -0.39 is 11.7 Å². The Labute approximate surface area is 138 Å². The van der Waals surface area contributed by atoms with E-state index in [1.54, 1.807) is 0 Å². The van der Waals surface area contributed by atoms with E-state index in [9.17, 15) is 13.2 Å². The van der Waals surface area contributed by atoms with Crippen molar-refractivity contribution in [1.29, 1.82) is 0 Å². The van der Waals surface area contributed by atoms with Gasteiger partial charge in [-0.1, -0.05) is 18.5 Å². The smallest absolute Gasteiger partial charge is 0.381 e. The molecule has 8 heteroatoms. The van der Waals surface area contributed by atoms with Crippen LogP contribution in [0.25, 0.3) is 0 Å². The Bertz CT molecular complexity index is 497. The number of anilines is 1. The Balaban J connectivity index is 2.45. The molecule has 0 bridgehead atoms. The third-order valence-corrected chi connectivity index (χ3v) is 3.21. The maximum absolute atomic E-state index is 12.7. The average Bonchev–Trinajstić information content (AvgIpc) is 2.43. The fourth-order valence-electron chi connectivity index (χ4n) is 1.62. The van der Waals surface area contributed by atoms with Gasteiger partial charge in [-0.15, -0.1) is 0 Å². The van der Waals surface area contributed by atoms with E-state index >= 15 is 0 Å². The normalized spacial score (nSPS) is 11.3. The first kappa shape index (κ1) is 19.0. The minimum atomic E-state index is -4.50. The van der Waals surface area contributed by atoms with E-state index in [1.165, 1.54) is 12.1 Å². The fourth-order valence-corrected chi connectivity index (χ4v) is 2.06. The van der Waals surface area contributed by atoms with E-state index in [0.29, 0.717) is 19.8 Å². The third-order valence-electron chi connectivity index (χ3n) is 2.63. The highest BCUT2D eigenvalue weighted by molar-refractivity contribution is 7.80. The van der Waals surface area contributed by atoms with Gasteiger partial charge in [-0.3, -0.25) is 0 Å². The molecule has 0 amide bonds. The minimum Gasteiger partial charge on any atom is -0.381 e. The first-order chi connectivity index (χ1) is 10.3. The molecular weight excluding hydrogens is 337 g/mol. The Hall–Kier alpha value is -1.05. The van der Waals surface area contributed by atoms with Gasteiger partial charge in [0.25, 0.3) is 0 Å². The zero-order chi connectivity index (χ0) is 16.6. The van der Waals surface area contributed by atoms with E-state index in [2.05, 4.69) is 10.6 Å². The number of ether oxygens (including phenoxy) is 1. The van der Waals surface area contributed by atoms with Crippen molar-refractivity contribution >= 4 is 34.6 Å². The number of rotatable bonds is 7. The molecule has 0 aromatic heterocycles. The van der Waals surface area contributed by atoms with Gasteiger partial charge < -0.3 is 15.4 Å². The highest BCUT2D eigenvalue weighted by Crippen LogP contribution is 2.36. The predicted molar refractivity (Wildman–Crippen MR) is 86.4 cm³/mol. The first-order valence-electron chi connectivity index (χ1n) is 6.84. The molecule has 0 radical (unpaired) electrons. The molecule has 0 heterocycles. The Morgan fingerprint density at radius 3 is 2.68 bits per heavy atom. The van der Waals surface area contributed by atoms with Crippen LogP contribution in [-0.2, 0) is 10.9 Å². The zero-order valence-corrected chi connectivity index (χ0v) is 13.7. The molecule has 1 aromatic carbocycles. The summed E-state index contributed by atoms with van der Waals surface area (Å²) in [6.07, 6.45) is -2.78. The summed E-state index contributed by atoms with van der Waals surface area (Å²) < 4.78 is 43.5. The topological polar surface area (TPSA) is 33.3 Å². The summed E-state index contributed by atoms with van der Waals surface area (Å²) in [6.45, 7) is 3.93. The molecule has 0 unspecified atom stereocenters. The number of nitrogens with one attached hydrogen (secondary N) is 2. The molecule has 0 aliphatic carbocycles.